The van der Waals surface area contributed by atoms with Crippen LogP contribution in [0.2, 0.25) is 5.02 Å². The Morgan fingerprint density at radius 2 is 1.74 bits per heavy atom. The summed E-state index contributed by atoms with van der Waals surface area (Å²) >= 11 is 6.25. The Balaban J connectivity index is 1.88. The minimum Gasteiger partial charge on any atom is -0.493 e. The van der Waals surface area contributed by atoms with Gasteiger partial charge in [0.1, 0.15) is 11.5 Å². The molecular weight excluding hydrogens is 476 g/mol. The largest absolute Gasteiger partial charge is 0.493 e. The molecule has 0 amide bonds. The molecule has 4 rings (SSSR count). The van der Waals surface area contributed by atoms with Crippen molar-refractivity contribution in [2.75, 3.05) is 20.8 Å². The molecule has 0 saturated heterocycles. The summed E-state index contributed by atoms with van der Waals surface area (Å²) in [5.41, 5.74) is -0.687. The average molecular weight is 499 g/mol. The zero-order valence-electron chi connectivity index (χ0n) is 19.4. The van der Waals surface area contributed by atoms with Crippen LogP contribution in [-0.4, -0.2) is 35.7 Å². The van der Waals surface area contributed by atoms with E-state index in [0.717, 1.165) is 4.57 Å². The van der Waals surface area contributed by atoms with Crippen molar-refractivity contribution < 1.29 is 23.4 Å². The van der Waals surface area contributed by atoms with Crippen molar-refractivity contribution in [1.29, 1.82) is 0 Å². The van der Waals surface area contributed by atoms with Gasteiger partial charge in [-0.1, -0.05) is 11.6 Å². The van der Waals surface area contributed by atoms with Crippen LogP contribution < -0.4 is 25.5 Å². The topological polar surface area (TPSA) is 102 Å². The summed E-state index contributed by atoms with van der Waals surface area (Å²) in [5.74, 6) is 1.12. The normalized spacial score (nSPS) is 11.0. The van der Waals surface area contributed by atoms with Gasteiger partial charge in [0.25, 0.3) is 5.56 Å². The lowest BCUT2D eigenvalue weighted by Crippen LogP contribution is -2.41. The highest BCUT2D eigenvalue weighted by molar-refractivity contribution is 6.32. The second-order valence-electron chi connectivity index (χ2n) is 7.57. The predicted molar refractivity (Wildman–Crippen MR) is 130 cm³/mol. The fourth-order valence-electron chi connectivity index (χ4n) is 3.78. The Bertz CT molecular complexity index is 1500. The lowest BCUT2D eigenvalue weighted by Gasteiger charge is -2.16. The summed E-state index contributed by atoms with van der Waals surface area (Å²) in [6, 6.07) is 11.0. The van der Waals surface area contributed by atoms with Gasteiger partial charge in [0, 0.05) is 11.6 Å². The molecule has 0 N–H and O–H groups in total. The van der Waals surface area contributed by atoms with Crippen molar-refractivity contribution in [3.63, 3.8) is 0 Å². The fourth-order valence-corrected chi connectivity index (χ4v) is 4.01. The van der Waals surface area contributed by atoms with Crippen LogP contribution in [-0.2, 0) is 13.1 Å². The number of aromatic nitrogens is 2. The van der Waals surface area contributed by atoms with Crippen molar-refractivity contribution in [3.05, 3.63) is 85.9 Å². The monoisotopic (exact) mass is 498 g/mol. The van der Waals surface area contributed by atoms with Gasteiger partial charge in [0.2, 0.25) is 0 Å². The number of carbonyl (C=O) groups is 1. The number of Topliss-reactive ketones (excluding diaryl/α,β-unsaturated/α-hetero) is 1. The molecule has 0 fully saturated rings. The Kier molecular flexibility index (Phi) is 6.97. The van der Waals surface area contributed by atoms with Crippen LogP contribution in [0.15, 0.2) is 62.7 Å². The van der Waals surface area contributed by atoms with E-state index in [1.807, 2.05) is 6.92 Å². The van der Waals surface area contributed by atoms with Crippen LogP contribution in [0.4, 0.5) is 0 Å². The third-order valence-corrected chi connectivity index (χ3v) is 5.77. The zero-order chi connectivity index (χ0) is 25.1. The summed E-state index contributed by atoms with van der Waals surface area (Å²) in [5, 5.41) is 0.468. The smallest absolute Gasteiger partial charge is 0.332 e. The maximum atomic E-state index is 13.5. The number of nitrogens with zero attached hydrogens (tertiary/aromatic N) is 2. The molecule has 0 saturated carbocycles. The first kappa shape index (κ1) is 24.2. The van der Waals surface area contributed by atoms with Crippen LogP contribution in [0.25, 0.3) is 10.9 Å². The number of rotatable bonds is 9. The van der Waals surface area contributed by atoms with Gasteiger partial charge < -0.3 is 18.6 Å². The van der Waals surface area contributed by atoms with Gasteiger partial charge in [-0.3, -0.25) is 18.7 Å². The zero-order valence-corrected chi connectivity index (χ0v) is 20.1. The first-order valence-electron chi connectivity index (χ1n) is 10.7. The third-order valence-electron chi connectivity index (χ3n) is 5.48. The van der Waals surface area contributed by atoms with Gasteiger partial charge >= 0.3 is 5.69 Å². The van der Waals surface area contributed by atoms with Crippen molar-refractivity contribution >= 4 is 28.3 Å². The van der Waals surface area contributed by atoms with Gasteiger partial charge in [-0.2, -0.15) is 0 Å². The lowest BCUT2D eigenvalue weighted by atomic mass is 10.1. The van der Waals surface area contributed by atoms with Crippen molar-refractivity contribution in [3.8, 4) is 17.2 Å². The van der Waals surface area contributed by atoms with E-state index in [1.54, 1.807) is 24.3 Å². The van der Waals surface area contributed by atoms with Gasteiger partial charge in [-0.05, 0) is 43.3 Å². The molecular formula is C25H23ClN2O7. The van der Waals surface area contributed by atoms with E-state index in [4.69, 9.17) is 30.2 Å². The number of ketones is 1. The van der Waals surface area contributed by atoms with Gasteiger partial charge in [0.15, 0.2) is 17.3 Å². The highest BCUT2D eigenvalue weighted by Gasteiger charge is 2.20. The molecule has 0 aliphatic heterocycles. The second kappa shape index (κ2) is 10.1. The Morgan fingerprint density at radius 1 is 1.00 bits per heavy atom. The van der Waals surface area contributed by atoms with E-state index < -0.39 is 11.2 Å². The molecule has 4 aromatic rings. The first-order chi connectivity index (χ1) is 16.9. The quantitative estimate of drug-likeness (QED) is 0.324. The van der Waals surface area contributed by atoms with Crippen LogP contribution in [0.5, 0.6) is 17.2 Å². The number of hydrogen-bond donors (Lipinski definition) is 0. The van der Waals surface area contributed by atoms with E-state index >= 15 is 0 Å². The highest BCUT2D eigenvalue weighted by atomic mass is 35.5. The second-order valence-corrected chi connectivity index (χ2v) is 7.97. The Labute approximate surface area is 205 Å². The molecule has 0 aliphatic rings. The van der Waals surface area contributed by atoms with Gasteiger partial charge in [-0.25, -0.2) is 4.79 Å². The van der Waals surface area contributed by atoms with E-state index in [-0.39, 0.29) is 34.8 Å². The number of benzene rings is 2. The molecule has 10 heteroatoms. The number of fused-ring (bicyclic) bond motifs is 1. The standard InChI is InChI=1S/C25H23ClN2O7/c1-4-34-21-8-7-15(10-18(21)26)20(29)14-27-19-12-23(33-3)22(32-2)11-17(19)24(30)28(25(27)31)13-16-6-5-9-35-16/h5-12H,4,13-14H2,1-3H3. The molecule has 0 spiro atoms. The van der Waals surface area contributed by atoms with Crippen molar-refractivity contribution in [2.24, 2.45) is 0 Å². The minimum absolute atomic E-state index is 0.0992. The number of furan rings is 1. The molecule has 0 unspecified atom stereocenters. The number of ether oxygens (including phenoxy) is 3. The van der Waals surface area contributed by atoms with E-state index in [0.29, 0.717) is 35.2 Å². The SMILES string of the molecule is CCOc1ccc(C(=O)Cn2c(=O)n(Cc3ccco3)c(=O)c3cc(OC)c(OC)cc32)cc1Cl. The van der Waals surface area contributed by atoms with Crippen LogP contribution in [0.1, 0.15) is 23.0 Å². The molecule has 0 bridgehead atoms. The van der Waals surface area contributed by atoms with Gasteiger partial charge in [-0.15, -0.1) is 0 Å². The highest BCUT2D eigenvalue weighted by Crippen LogP contribution is 2.31. The molecule has 2 aromatic carbocycles. The van der Waals surface area contributed by atoms with Crippen LogP contribution in [0.3, 0.4) is 0 Å². The summed E-state index contributed by atoms with van der Waals surface area (Å²) in [6.07, 6.45) is 1.45. The lowest BCUT2D eigenvalue weighted by molar-refractivity contribution is 0.0971. The van der Waals surface area contributed by atoms with Crippen molar-refractivity contribution in [1.82, 2.24) is 9.13 Å². The number of hydrogen-bond acceptors (Lipinski definition) is 7. The van der Waals surface area contributed by atoms with E-state index in [2.05, 4.69) is 0 Å². The molecule has 2 heterocycles. The number of carbonyl (C=O) groups excluding carboxylic acids is 1. The third kappa shape index (κ3) is 4.67. The molecule has 9 nitrogen and oxygen atoms in total. The maximum Gasteiger partial charge on any atom is 0.332 e. The Morgan fingerprint density at radius 3 is 2.37 bits per heavy atom. The summed E-state index contributed by atoms with van der Waals surface area (Å²) in [4.78, 5) is 40.0. The van der Waals surface area contributed by atoms with Crippen molar-refractivity contribution in [2.45, 2.75) is 20.0 Å². The number of halogens is 1. The Hall–Kier alpha value is -3.98. The molecule has 0 radical (unpaired) electrons. The summed E-state index contributed by atoms with van der Waals surface area (Å²) < 4.78 is 23.7. The average Bonchev–Trinajstić information content (AvgIpc) is 3.38. The number of methoxy groups -OCH3 is 2. The van der Waals surface area contributed by atoms with E-state index in [9.17, 15) is 14.4 Å². The summed E-state index contributed by atoms with van der Waals surface area (Å²) in [6.45, 7) is 1.82. The molecule has 2 aromatic heterocycles. The van der Waals surface area contributed by atoms with E-state index in [1.165, 1.54) is 43.2 Å². The maximum absolute atomic E-state index is 13.5. The minimum atomic E-state index is -0.670. The predicted octanol–water partition coefficient (Wildman–Crippen LogP) is 3.76. The van der Waals surface area contributed by atoms with Gasteiger partial charge in [0.05, 0.1) is 56.1 Å². The fraction of sp³-hybridized carbons (Fsp3) is 0.240. The summed E-state index contributed by atoms with van der Waals surface area (Å²) in [7, 11) is 2.89. The van der Waals surface area contributed by atoms with Crippen LogP contribution >= 0.6 is 11.6 Å². The molecule has 0 aliphatic carbocycles. The molecule has 182 valence electrons. The molecule has 35 heavy (non-hydrogen) atoms. The van der Waals surface area contributed by atoms with Crippen LogP contribution in [0, 0.1) is 0 Å². The molecule has 0 atom stereocenters. The first-order valence-corrected chi connectivity index (χ1v) is 11.1.